The number of hydrogen-bond acceptors (Lipinski definition) is 5. The van der Waals surface area contributed by atoms with E-state index in [9.17, 15) is 26.4 Å². The molecule has 2 heterocycles. The van der Waals surface area contributed by atoms with Crippen molar-refractivity contribution in [3.05, 3.63) is 53.2 Å². The number of hydrogen-bond donors (Lipinski definition) is 2. The van der Waals surface area contributed by atoms with Gasteiger partial charge in [-0.15, -0.1) is 0 Å². The molecular weight excluding hydrogens is 469 g/mol. The Balaban J connectivity index is 1.21. The lowest BCUT2D eigenvalue weighted by atomic mass is 9.97. The Morgan fingerprint density at radius 3 is 2.47 bits per heavy atom. The third-order valence-corrected chi connectivity index (χ3v) is 8.25. The second-order valence-corrected chi connectivity index (χ2v) is 10.5. The number of anilines is 1. The molecule has 2 aliphatic rings. The van der Waals surface area contributed by atoms with Gasteiger partial charge in [-0.2, -0.15) is 17.5 Å². The average Bonchev–Trinajstić information content (AvgIpc) is 3.29. The Bertz CT molecular complexity index is 1130. The van der Waals surface area contributed by atoms with Crippen molar-refractivity contribution in [1.82, 2.24) is 14.6 Å². The Kier molecular flexibility index (Phi) is 7.13. The topological polar surface area (TPSA) is 91.4 Å². The highest BCUT2D eigenvalue weighted by molar-refractivity contribution is 7.89. The molecule has 1 aromatic heterocycles. The SMILES string of the molecule is O=C(NCCNc1ccc(C(F)(F)F)cn1)C1CCN(S(=O)(=O)c2ccc3c(c2)CCC3)CC1. The van der Waals surface area contributed by atoms with Crippen LogP contribution in [0.1, 0.15) is 36.0 Å². The largest absolute Gasteiger partial charge is 0.417 e. The highest BCUT2D eigenvalue weighted by Gasteiger charge is 2.33. The normalized spacial score (nSPS) is 17.4. The van der Waals surface area contributed by atoms with Crippen molar-refractivity contribution < 1.29 is 26.4 Å². The van der Waals surface area contributed by atoms with Crippen molar-refractivity contribution in [3.63, 3.8) is 0 Å². The number of aromatic nitrogens is 1. The molecule has 1 amide bonds. The quantitative estimate of drug-likeness (QED) is 0.575. The van der Waals surface area contributed by atoms with E-state index in [1.807, 2.05) is 6.07 Å². The van der Waals surface area contributed by atoms with Crippen LogP contribution < -0.4 is 10.6 Å². The van der Waals surface area contributed by atoms with Gasteiger partial charge in [0.05, 0.1) is 10.5 Å². The first kappa shape index (κ1) is 24.5. The zero-order valence-electron chi connectivity index (χ0n) is 18.6. The van der Waals surface area contributed by atoms with E-state index in [2.05, 4.69) is 15.6 Å². The Labute approximate surface area is 196 Å². The van der Waals surface area contributed by atoms with Crippen molar-refractivity contribution in [2.24, 2.45) is 5.92 Å². The number of nitrogens with zero attached hydrogens (tertiary/aromatic N) is 2. The molecule has 1 saturated heterocycles. The molecule has 1 aliphatic carbocycles. The first-order valence-electron chi connectivity index (χ1n) is 11.3. The Morgan fingerprint density at radius 1 is 1.06 bits per heavy atom. The summed E-state index contributed by atoms with van der Waals surface area (Å²) < 4.78 is 65.2. The number of benzene rings is 1. The maximum Gasteiger partial charge on any atom is 0.417 e. The molecule has 0 bridgehead atoms. The number of amides is 1. The first-order valence-corrected chi connectivity index (χ1v) is 12.8. The van der Waals surface area contributed by atoms with Gasteiger partial charge in [0.25, 0.3) is 0 Å². The monoisotopic (exact) mass is 496 g/mol. The van der Waals surface area contributed by atoms with Gasteiger partial charge in [0.15, 0.2) is 0 Å². The van der Waals surface area contributed by atoms with Crippen LogP contribution in [0.15, 0.2) is 41.4 Å². The number of piperidine rings is 1. The molecule has 0 saturated carbocycles. The molecule has 2 aromatic rings. The summed E-state index contributed by atoms with van der Waals surface area (Å²) in [6.45, 7) is 1.14. The summed E-state index contributed by atoms with van der Waals surface area (Å²) in [7, 11) is -3.58. The maximum absolute atomic E-state index is 13.0. The van der Waals surface area contributed by atoms with Gasteiger partial charge in [0.2, 0.25) is 15.9 Å². The predicted octanol–water partition coefficient (Wildman–Crippen LogP) is 3.22. The van der Waals surface area contributed by atoms with Gasteiger partial charge in [0, 0.05) is 38.3 Å². The zero-order chi connectivity index (χ0) is 24.3. The first-order chi connectivity index (χ1) is 16.1. The molecule has 184 valence electrons. The van der Waals surface area contributed by atoms with Crippen LogP contribution in [-0.4, -0.2) is 49.8 Å². The number of aryl methyl sites for hydroxylation is 2. The predicted molar refractivity (Wildman–Crippen MR) is 121 cm³/mol. The number of halogens is 3. The van der Waals surface area contributed by atoms with Gasteiger partial charge in [-0.3, -0.25) is 4.79 Å². The fourth-order valence-corrected chi connectivity index (χ4v) is 5.92. The van der Waals surface area contributed by atoms with Crippen molar-refractivity contribution in [2.75, 3.05) is 31.5 Å². The molecular formula is C23H27F3N4O3S. The van der Waals surface area contributed by atoms with Crippen LogP contribution >= 0.6 is 0 Å². The highest BCUT2D eigenvalue weighted by Crippen LogP contribution is 2.29. The average molecular weight is 497 g/mol. The third-order valence-electron chi connectivity index (χ3n) is 6.35. The molecule has 34 heavy (non-hydrogen) atoms. The number of nitrogens with one attached hydrogen (secondary N) is 2. The smallest absolute Gasteiger partial charge is 0.368 e. The van der Waals surface area contributed by atoms with Crippen LogP contribution in [0.5, 0.6) is 0 Å². The number of pyridine rings is 1. The van der Waals surface area contributed by atoms with Crippen molar-refractivity contribution in [2.45, 2.75) is 43.2 Å². The number of alkyl halides is 3. The van der Waals surface area contributed by atoms with Gasteiger partial charge in [-0.1, -0.05) is 6.07 Å². The Morgan fingerprint density at radius 2 is 1.79 bits per heavy atom. The van der Waals surface area contributed by atoms with Gasteiger partial charge in [-0.25, -0.2) is 13.4 Å². The van der Waals surface area contributed by atoms with Crippen LogP contribution in [-0.2, 0) is 33.8 Å². The van der Waals surface area contributed by atoms with E-state index >= 15 is 0 Å². The molecule has 0 radical (unpaired) electrons. The zero-order valence-corrected chi connectivity index (χ0v) is 19.4. The lowest BCUT2D eigenvalue weighted by Crippen LogP contribution is -2.43. The number of carbonyl (C=O) groups excluding carboxylic acids is 1. The fourth-order valence-electron chi connectivity index (χ4n) is 4.40. The highest BCUT2D eigenvalue weighted by atomic mass is 32.2. The summed E-state index contributed by atoms with van der Waals surface area (Å²) in [5, 5.41) is 5.66. The van der Waals surface area contributed by atoms with Crippen LogP contribution in [0.2, 0.25) is 0 Å². The van der Waals surface area contributed by atoms with Gasteiger partial charge in [-0.05, 0) is 67.5 Å². The second kappa shape index (κ2) is 9.91. The van der Waals surface area contributed by atoms with Gasteiger partial charge >= 0.3 is 6.18 Å². The van der Waals surface area contributed by atoms with Crippen LogP contribution in [0.25, 0.3) is 0 Å². The molecule has 11 heteroatoms. The molecule has 0 atom stereocenters. The van der Waals surface area contributed by atoms with E-state index in [1.54, 1.807) is 12.1 Å². The van der Waals surface area contributed by atoms with E-state index in [0.29, 0.717) is 24.3 Å². The van der Waals surface area contributed by atoms with E-state index in [1.165, 1.54) is 15.9 Å². The van der Waals surface area contributed by atoms with E-state index in [4.69, 9.17) is 0 Å². The lowest BCUT2D eigenvalue weighted by molar-refractivity contribution is -0.137. The Hall–Kier alpha value is -2.66. The molecule has 0 unspecified atom stereocenters. The minimum Gasteiger partial charge on any atom is -0.368 e. The summed E-state index contributed by atoms with van der Waals surface area (Å²) >= 11 is 0. The summed E-state index contributed by atoms with van der Waals surface area (Å²) in [6, 6.07) is 7.55. The summed E-state index contributed by atoms with van der Waals surface area (Å²) in [5.41, 5.74) is 1.50. The molecule has 4 rings (SSSR count). The van der Waals surface area contributed by atoms with Crippen LogP contribution in [0.3, 0.4) is 0 Å². The third kappa shape index (κ3) is 5.52. The fraction of sp³-hybridized carbons (Fsp3) is 0.478. The minimum absolute atomic E-state index is 0.156. The van der Waals surface area contributed by atoms with E-state index < -0.39 is 21.8 Å². The van der Waals surface area contributed by atoms with Crippen molar-refractivity contribution >= 4 is 21.7 Å². The number of carbonyl (C=O) groups is 1. The molecule has 0 spiro atoms. The number of fused-ring (bicyclic) bond motifs is 1. The van der Waals surface area contributed by atoms with Gasteiger partial charge < -0.3 is 10.6 Å². The van der Waals surface area contributed by atoms with Crippen LogP contribution in [0.4, 0.5) is 19.0 Å². The van der Waals surface area contributed by atoms with Crippen molar-refractivity contribution in [3.8, 4) is 0 Å². The standard InChI is InChI=1S/C23H27F3N4O3S/c24-23(25,26)19-5-7-21(29-15-19)27-10-11-28-22(31)17-8-12-30(13-9-17)34(32,33)20-6-4-16-2-1-3-18(16)14-20/h4-7,14-15,17H,1-3,8-13H2,(H,27,29)(H,28,31). The summed E-state index contributed by atoms with van der Waals surface area (Å²) in [5.74, 6) is -0.153. The second-order valence-electron chi connectivity index (χ2n) is 8.61. The van der Waals surface area contributed by atoms with Crippen molar-refractivity contribution in [1.29, 1.82) is 0 Å². The minimum atomic E-state index is -4.44. The number of rotatable bonds is 7. The summed E-state index contributed by atoms with van der Waals surface area (Å²) in [6.07, 6.45) is 0.141. The molecule has 1 aromatic carbocycles. The van der Waals surface area contributed by atoms with E-state index in [0.717, 1.165) is 37.1 Å². The molecule has 1 fully saturated rings. The van der Waals surface area contributed by atoms with Gasteiger partial charge in [0.1, 0.15) is 5.82 Å². The molecule has 1 aliphatic heterocycles. The van der Waals surface area contributed by atoms with E-state index in [-0.39, 0.29) is 37.3 Å². The molecule has 7 nitrogen and oxygen atoms in total. The van der Waals surface area contributed by atoms with Crippen LogP contribution in [0, 0.1) is 5.92 Å². The summed E-state index contributed by atoms with van der Waals surface area (Å²) in [4.78, 5) is 16.5. The number of sulfonamides is 1. The molecule has 2 N–H and O–H groups in total. The maximum atomic E-state index is 13.0. The lowest BCUT2D eigenvalue weighted by Gasteiger charge is -2.30.